The molecule has 22 heavy (non-hydrogen) atoms. The molecule has 0 bridgehead atoms. The third-order valence-corrected chi connectivity index (χ3v) is 3.29. The van der Waals surface area contributed by atoms with Crippen LogP contribution >= 0.6 is 0 Å². The van der Waals surface area contributed by atoms with Gasteiger partial charge in [0, 0.05) is 0 Å². The van der Waals surface area contributed by atoms with Crippen LogP contribution in [0.1, 0.15) is 18.1 Å². The van der Waals surface area contributed by atoms with Gasteiger partial charge in [-0.15, -0.1) is 0 Å². The zero-order valence-electron chi connectivity index (χ0n) is 12.2. The molecule has 0 unspecified atom stereocenters. The smallest absolute Gasteiger partial charge is 0.338 e. The minimum absolute atomic E-state index is 0.228. The van der Waals surface area contributed by atoms with E-state index in [1.807, 2.05) is 48.5 Å². The number of carbonyl (C=O) groups is 1. The molecule has 0 spiro atoms. The Labute approximate surface area is 128 Å². The Balaban J connectivity index is 1.99. The van der Waals surface area contributed by atoms with Gasteiger partial charge >= 0.3 is 5.97 Å². The van der Waals surface area contributed by atoms with Crippen LogP contribution in [0.5, 0.6) is 11.5 Å². The number of carbonyl (C=O) groups excluding carboxylic acids is 1. The molecule has 0 fully saturated rings. The maximum absolute atomic E-state index is 12.2. The van der Waals surface area contributed by atoms with Gasteiger partial charge in [0.05, 0.1) is 12.2 Å². The van der Waals surface area contributed by atoms with Crippen molar-refractivity contribution >= 4 is 17.6 Å². The van der Waals surface area contributed by atoms with Gasteiger partial charge in [-0.1, -0.05) is 36.4 Å². The number of fused-ring (bicyclic) bond motifs is 1. The third kappa shape index (κ3) is 2.96. The largest absolute Gasteiger partial charge is 0.462 e. The molecule has 1 heterocycles. The fraction of sp³-hybridized carbons (Fsp3) is 0.167. The van der Waals surface area contributed by atoms with Crippen LogP contribution in [0.3, 0.4) is 0 Å². The molecule has 0 aliphatic carbocycles. The van der Waals surface area contributed by atoms with Crippen molar-refractivity contribution in [2.24, 2.45) is 0 Å². The maximum atomic E-state index is 12.2. The summed E-state index contributed by atoms with van der Waals surface area (Å²) in [7, 11) is 0. The van der Waals surface area contributed by atoms with Crippen LogP contribution in [0.2, 0.25) is 0 Å². The molecule has 1 aliphatic rings. The number of ether oxygens (including phenoxy) is 3. The monoisotopic (exact) mass is 296 g/mol. The Morgan fingerprint density at radius 2 is 1.91 bits per heavy atom. The van der Waals surface area contributed by atoms with E-state index in [1.54, 1.807) is 13.0 Å². The second-order valence-corrected chi connectivity index (χ2v) is 4.76. The molecule has 0 N–H and O–H groups in total. The lowest BCUT2D eigenvalue weighted by atomic mass is 10.0. The van der Waals surface area contributed by atoms with Gasteiger partial charge in [-0.25, -0.2) is 4.79 Å². The molecular weight excluding hydrogens is 280 g/mol. The van der Waals surface area contributed by atoms with E-state index >= 15 is 0 Å². The second kappa shape index (κ2) is 6.35. The van der Waals surface area contributed by atoms with E-state index in [0.717, 1.165) is 16.9 Å². The standard InChI is InChI=1S/C18H16O4/c1-2-20-18(19)15(14-6-4-3-5-7-14)10-13-8-9-16-17(11-13)22-12-21-16/h3-11H,2,12H2,1H3/b15-10+. The lowest BCUT2D eigenvalue weighted by Crippen LogP contribution is -2.06. The fourth-order valence-electron chi connectivity index (χ4n) is 2.26. The molecule has 2 aromatic carbocycles. The molecule has 4 heteroatoms. The molecule has 2 aromatic rings. The summed E-state index contributed by atoms with van der Waals surface area (Å²) < 4.78 is 15.8. The van der Waals surface area contributed by atoms with E-state index in [2.05, 4.69) is 0 Å². The normalized spacial score (nSPS) is 13.0. The van der Waals surface area contributed by atoms with Crippen molar-refractivity contribution in [3.8, 4) is 11.5 Å². The number of hydrogen-bond acceptors (Lipinski definition) is 4. The molecule has 0 aromatic heterocycles. The molecule has 4 nitrogen and oxygen atoms in total. The Bertz CT molecular complexity index is 704. The van der Waals surface area contributed by atoms with Gasteiger partial charge in [-0.2, -0.15) is 0 Å². The van der Waals surface area contributed by atoms with Crippen molar-refractivity contribution in [1.82, 2.24) is 0 Å². The average molecular weight is 296 g/mol. The molecule has 3 rings (SSSR count). The highest BCUT2D eigenvalue weighted by Crippen LogP contribution is 2.33. The summed E-state index contributed by atoms with van der Waals surface area (Å²) in [6.07, 6.45) is 1.80. The van der Waals surface area contributed by atoms with Crippen LogP contribution < -0.4 is 9.47 Å². The van der Waals surface area contributed by atoms with E-state index in [0.29, 0.717) is 17.9 Å². The Kier molecular flexibility index (Phi) is 4.10. The zero-order chi connectivity index (χ0) is 15.4. The minimum Gasteiger partial charge on any atom is -0.462 e. The topological polar surface area (TPSA) is 44.8 Å². The Hall–Kier alpha value is -2.75. The van der Waals surface area contributed by atoms with Gasteiger partial charge in [0.25, 0.3) is 0 Å². The lowest BCUT2D eigenvalue weighted by molar-refractivity contribution is -0.136. The molecule has 0 saturated heterocycles. The summed E-state index contributed by atoms with van der Waals surface area (Å²) in [5, 5.41) is 0. The van der Waals surface area contributed by atoms with E-state index in [9.17, 15) is 4.79 Å². The zero-order valence-corrected chi connectivity index (χ0v) is 12.2. The van der Waals surface area contributed by atoms with E-state index in [1.165, 1.54) is 0 Å². The SMILES string of the molecule is CCOC(=O)/C(=C/c1ccc2c(c1)OCO2)c1ccccc1. The molecule has 0 atom stereocenters. The number of hydrogen-bond donors (Lipinski definition) is 0. The minimum atomic E-state index is -0.341. The van der Waals surface area contributed by atoms with Gasteiger partial charge in [-0.3, -0.25) is 0 Å². The van der Waals surface area contributed by atoms with Gasteiger partial charge in [0.1, 0.15) is 0 Å². The van der Waals surface area contributed by atoms with Crippen molar-refractivity contribution in [2.45, 2.75) is 6.92 Å². The van der Waals surface area contributed by atoms with Crippen LogP contribution in [-0.4, -0.2) is 19.4 Å². The van der Waals surface area contributed by atoms with Crippen molar-refractivity contribution in [2.75, 3.05) is 13.4 Å². The average Bonchev–Trinajstić information content (AvgIpc) is 3.01. The summed E-state index contributed by atoms with van der Waals surface area (Å²) in [6.45, 7) is 2.36. The first-order chi connectivity index (χ1) is 10.8. The predicted molar refractivity (Wildman–Crippen MR) is 83.5 cm³/mol. The highest BCUT2D eigenvalue weighted by Gasteiger charge is 2.16. The van der Waals surface area contributed by atoms with Gasteiger partial charge in [0.2, 0.25) is 6.79 Å². The lowest BCUT2D eigenvalue weighted by Gasteiger charge is -2.08. The van der Waals surface area contributed by atoms with Crippen LogP contribution in [0.25, 0.3) is 11.6 Å². The number of benzene rings is 2. The van der Waals surface area contributed by atoms with Crippen LogP contribution in [-0.2, 0) is 9.53 Å². The maximum Gasteiger partial charge on any atom is 0.338 e. The van der Waals surface area contributed by atoms with Crippen molar-refractivity contribution < 1.29 is 19.0 Å². The van der Waals surface area contributed by atoms with Crippen molar-refractivity contribution in [1.29, 1.82) is 0 Å². The summed E-state index contributed by atoms with van der Waals surface area (Å²) in [5.74, 6) is 1.06. The molecule has 1 aliphatic heterocycles. The quantitative estimate of drug-likeness (QED) is 0.492. The Morgan fingerprint density at radius 1 is 1.14 bits per heavy atom. The first-order valence-corrected chi connectivity index (χ1v) is 7.12. The molecule has 112 valence electrons. The summed E-state index contributed by atoms with van der Waals surface area (Å²) in [6, 6.07) is 15.0. The summed E-state index contributed by atoms with van der Waals surface area (Å²) >= 11 is 0. The Morgan fingerprint density at radius 3 is 2.68 bits per heavy atom. The van der Waals surface area contributed by atoms with Gasteiger partial charge in [0.15, 0.2) is 11.5 Å². The molecule has 0 radical (unpaired) electrons. The first kappa shape index (κ1) is 14.2. The molecular formula is C18H16O4. The van der Waals surface area contributed by atoms with Crippen molar-refractivity contribution in [3.05, 3.63) is 59.7 Å². The van der Waals surface area contributed by atoms with E-state index in [4.69, 9.17) is 14.2 Å². The highest BCUT2D eigenvalue weighted by atomic mass is 16.7. The summed E-state index contributed by atoms with van der Waals surface area (Å²) in [5.41, 5.74) is 2.19. The van der Waals surface area contributed by atoms with Crippen LogP contribution in [0.4, 0.5) is 0 Å². The number of rotatable bonds is 4. The molecule has 0 amide bonds. The van der Waals surface area contributed by atoms with Gasteiger partial charge in [-0.05, 0) is 36.3 Å². The van der Waals surface area contributed by atoms with Crippen LogP contribution in [0.15, 0.2) is 48.5 Å². The summed E-state index contributed by atoms with van der Waals surface area (Å²) in [4.78, 5) is 12.2. The van der Waals surface area contributed by atoms with Crippen molar-refractivity contribution in [3.63, 3.8) is 0 Å². The fourth-order valence-corrected chi connectivity index (χ4v) is 2.26. The molecule has 0 saturated carbocycles. The van der Waals surface area contributed by atoms with Gasteiger partial charge < -0.3 is 14.2 Å². The first-order valence-electron chi connectivity index (χ1n) is 7.12. The van der Waals surface area contributed by atoms with Crippen LogP contribution in [0, 0.1) is 0 Å². The predicted octanol–water partition coefficient (Wildman–Crippen LogP) is 3.52. The second-order valence-electron chi connectivity index (χ2n) is 4.76. The third-order valence-electron chi connectivity index (χ3n) is 3.29. The number of esters is 1. The van der Waals surface area contributed by atoms with E-state index < -0.39 is 0 Å². The van der Waals surface area contributed by atoms with E-state index in [-0.39, 0.29) is 12.8 Å². The highest BCUT2D eigenvalue weighted by molar-refractivity contribution is 6.21.